The summed E-state index contributed by atoms with van der Waals surface area (Å²) in [4.78, 5) is 12.1. The Labute approximate surface area is 171 Å². The maximum absolute atomic E-state index is 12.1. The first-order valence-corrected chi connectivity index (χ1v) is 9.86. The van der Waals surface area contributed by atoms with Crippen LogP contribution in [0.3, 0.4) is 0 Å². The summed E-state index contributed by atoms with van der Waals surface area (Å²) in [6.45, 7) is 8.36. The minimum absolute atomic E-state index is 0.0677. The molecule has 0 aliphatic carbocycles. The van der Waals surface area contributed by atoms with Gasteiger partial charge in [0.2, 0.25) is 6.79 Å². The van der Waals surface area contributed by atoms with Gasteiger partial charge >= 0.3 is 0 Å². The van der Waals surface area contributed by atoms with Gasteiger partial charge in [0.05, 0.1) is 0 Å². The first-order chi connectivity index (χ1) is 13.9. The summed E-state index contributed by atoms with van der Waals surface area (Å²) in [6.07, 6.45) is 1.54. The lowest BCUT2D eigenvalue weighted by molar-refractivity contribution is -0.123. The molecule has 6 heteroatoms. The largest absolute Gasteiger partial charge is 0.483 e. The summed E-state index contributed by atoms with van der Waals surface area (Å²) in [5.41, 5.74) is 6.82. The smallest absolute Gasteiger partial charge is 0.277 e. The van der Waals surface area contributed by atoms with Crippen molar-refractivity contribution in [3.63, 3.8) is 0 Å². The summed E-state index contributed by atoms with van der Waals surface area (Å²) in [5.74, 6) is 2.34. The van der Waals surface area contributed by atoms with Crippen molar-refractivity contribution in [1.82, 2.24) is 5.43 Å². The normalized spacial score (nSPS) is 12.9. The van der Waals surface area contributed by atoms with E-state index in [0.717, 1.165) is 46.9 Å². The topological polar surface area (TPSA) is 69.2 Å². The van der Waals surface area contributed by atoms with Gasteiger partial charge in [0.1, 0.15) is 5.75 Å². The lowest BCUT2D eigenvalue weighted by Gasteiger charge is -2.14. The summed E-state index contributed by atoms with van der Waals surface area (Å²) in [6, 6.07) is 11.9. The average Bonchev–Trinajstić information content (AvgIpc) is 3.17. The van der Waals surface area contributed by atoms with E-state index in [0.29, 0.717) is 5.92 Å². The van der Waals surface area contributed by atoms with Crippen molar-refractivity contribution < 1.29 is 19.0 Å². The monoisotopic (exact) mass is 396 g/mol. The number of hydrogen-bond donors (Lipinski definition) is 1. The Balaban J connectivity index is 1.46. The summed E-state index contributed by atoms with van der Waals surface area (Å²) in [7, 11) is 0. The predicted octanol–water partition coefficient (Wildman–Crippen LogP) is 4.35. The molecule has 6 nitrogen and oxygen atoms in total. The number of aryl methyl sites for hydroxylation is 2. The number of ether oxygens (including phenoxy) is 3. The van der Waals surface area contributed by atoms with Crippen molar-refractivity contribution in [3.05, 3.63) is 53.1 Å². The second kappa shape index (κ2) is 9.45. The molecule has 29 heavy (non-hydrogen) atoms. The fourth-order valence-electron chi connectivity index (χ4n) is 3.06. The van der Waals surface area contributed by atoms with E-state index in [1.165, 1.54) is 5.56 Å². The van der Waals surface area contributed by atoms with Crippen LogP contribution in [-0.2, 0) is 11.2 Å². The van der Waals surface area contributed by atoms with E-state index in [-0.39, 0.29) is 19.3 Å². The number of carbonyl (C=O) groups excluding carboxylic acids is 1. The second-order valence-corrected chi connectivity index (χ2v) is 7.55. The maximum atomic E-state index is 12.1. The molecular formula is C23H28N2O4. The van der Waals surface area contributed by atoms with E-state index < -0.39 is 0 Å². The molecule has 0 unspecified atom stereocenters. The number of hydrogen-bond acceptors (Lipinski definition) is 5. The van der Waals surface area contributed by atoms with Gasteiger partial charge in [0.15, 0.2) is 18.1 Å². The highest BCUT2D eigenvalue weighted by molar-refractivity contribution is 5.85. The zero-order chi connectivity index (χ0) is 20.8. The van der Waals surface area contributed by atoms with Gasteiger partial charge in [-0.2, -0.15) is 5.10 Å². The Morgan fingerprint density at radius 3 is 2.76 bits per heavy atom. The van der Waals surface area contributed by atoms with Crippen LogP contribution >= 0.6 is 0 Å². The molecule has 2 aromatic carbocycles. The molecule has 0 saturated carbocycles. The van der Waals surface area contributed by atoms with Crippen LogP contribution in [0.5, 0.6) is 17.2 Å². The molecule has 0 aromatic heterocycles. The number of fused-ring (bicyclic) bond motifs is 1. The van der Waals surface area contributed by atoms with Crippen molar-refractivity contribution in [3.8, 4) is 17.2 Å². The molecule has 154 valence electrons. The van der Waals surface area contributed by atoms with Crippen molar-refractivity contribution in [1.29, 1.82) is 0 Å². The molecule has 2 aromatic rings. The molecule has 1 aliphatic rings. The molecule has 0 bridgehead atoms. The van der Waals surface area contributed by atoms with Crippen LogP contribution in [0.1, 0.15) is 49.8 Å². The number of amides is 1. The Bertz CT molecular complexity index is 906. The lowest BCUT2D eigenvalue weighted by atomic mass is 10.00. The van der Waals surface area contributed by atoms with Gasteiger partial charge in [-0.1, -0.05) is 37.6 Å². The third-order valence-electron chi connectivity index (χ3n) is 4.73. The van der Waals surface area contributed by atoms with Crippen LogP contribution in [0.15, 0.2) is 41.5 Å². The van der Waals surface area contributed by atoms with Crippen molar-refractivity contribution in [2.24, 2.45) is 5.10 Å². The molecule has 1 aliphatic heterocycles. The molecule has 0 saturated heterocycles. The van der Waals surface area contributed by atoms with Gasteiger partial charge in [-0.25, -0.2) is 5.43 Å². The highest BCUT2D eigenvalue weighted by atomic mass is 16.7. The first kappa shape index (κ1) is 20.7. The third-order valence-corrected chi connectivity index (χ3v) is 4.73. The van der Waals surface area contributed by atoms with Crippen molar-refractivity contribution >= 4 is 11.6 Å². The fraction of sp³-hybridized carbons (Fsp3) is 0.391. The van der Waals surface area contributed by atoms with Crippen LogP contribution in [0.4, 0.5) is 0 Å². The van der Waals surface area contributed by atoms with Gasteiger partial charge in [-0.15, -0.1) is 0 Å². The van der Waals surface area contributed by atoms with Crippen LogP contribution in [0.25, 0.3) is 0 Å². The van der Waals surface area contributed by atoms with Crippen molar-refractivity contribution in [2.75, 3.05) is 13.4 Å². The Kier molecular flexibility index (Phi) is 6.75. The molecule has 0 radical (unpaired) electrons. The van der Waals surface area contributed by atoms with Gasteiger partial charge in [0, 0.05) is 5.71 Å². The molecule has 0 spiro atoms. The number of benzene rings is 2. The van der Waals surface area contributed by atoms with Crippen LogP contribution < -0.4 is 19.6 Å². The van der Waals surface area contributed by atoms with E-state index in [4.69, 9.17) is 14.2 Å². The summed E-state index contributed by atoms with van der Waals surface area (Å²) >= 11 is 0. The highest BCUT2D eigenvalue weighted by Crippen LogP contribution is 2.32. The molecular weight excluding hydrogens is 368 g/mol. The third kappa shape index (κ3) is 5.73. The first-order valence-electron chi connectivity index (χ1n) is 9.86. The number of nitrogens with one attached hydrogen (secondary N) is 1. The maximum Gasteiger partial charge on any atom is 0.277 e. The SMILES string of the molecule is C/C(CCc1ccc2c(c1)OCO2)=N/NC(=O)COc1ccc(C)cc1C(C)C. The Morgan fingerprint density at radius 2 is 1.97 bits per heavy atom. The highest BCUT2D eigenvalue weighted by Gasteiger charge is 2.13. The number of hydrazone groups is 1. The minimum Gasteiger partial charge on any atom is -0.483 e. The van der Waals surface area contributed by atoms with Gasteiger partial charge < -0.3 is 14.2 Å². The van der Waals surface area contributed by atoms with Crippen LogP contribution in [-0.4, -0.2) is 25.0 Å². The zero-order valence-electron chi connectivity index (χ0n) is 17.5. The Hall–Kier alpha value is -3.02. The van der Waals surface area contributed by atoms with E-state index in [9.17, 15) is 4.79 Å². The van der Waals surface area contributed by atoms with Gasteiger partial charge in [-0.05, 0) is 61.9 Å². The lowest BCUT2D eigenvalue weighted by Crippen LogP contribution is -2.25. The van der Waals surface area contributed by atoms with Gasteiger partial charge in [0.25, 0.3) is 5.91 Å². The number of carbonyl (C=O) groups is 1. The predicted molar refractivity (Wildman–Crippen MR) is 113 cm³/mol. The number of rotatable bonds is 8. The summed E-state index contributed by atoms with van der Waals surface area (Å²) in [5, 5.41) is 4.18. The molecule has 1 heterocycles. The van der Waals surface area contributed by atoms with Crippen molar-refractivity contribution in [2.45, 2.75) is 46.5 Å². The van der Waals surface area contributed by atoms with Gasteiger partial charge in [-0.3, -0.25) is 4.79 Å². The quantitative estimate of drug-likeness (QED) is 0.532. The molecule has 0 fully saturated rings. The zero-order valence-corrected chi connectivity index (χ0v) is 17.5. The molecule has 1 N–H and O–H groups in total. The fourth-order valence-corrected chi connectivity index (χ4v) is 3.06. The average molecular weight is 396 g/mol. The minimum atomic E-state index is -0.275. The Morgan fingerprint density at radius 1 is 1.17 bits per heavy atom. The van der Waals surface area contributed by atoms with E-state index in [1.807, 2.05) is 44.2 Å². The van der Waals surface area contributed by atoms with E-state index in [2.05, 4.69) is 30.4 Å². The molecule has 1 amide bonds. The second-order valence-electron chi connectivity index (χ2n) is 7.55. The standard InChI is InChI=1S/C23H28N2O4/c1-15(2)19-11-16(3)5-9-20(19)27-13-23(26)25-24-17(4)6-7-18-8-10-21-22(12-18)29-14-28-21/h5,8-12,15H,6-7,13-14H2,1-4H3,(H,25,26)/b24-17-. The summed E-state index contributed by atoms with van der Waals surface area (Å²) < 4.78 is 16.4. The molecule has 3 rings (SSSR count). The number of nitrogens with zero attached hydrogens (tertiary/aromatic N) is 1. The van der Waals surface area contributed by atoms with E-state index >= 15 is 0 Å². The molecule has 0 atom stereocenters. The van der Waals surface area contributed by atoms with Crippen LogP contribution in [0, 0.1) is 6.92 Å². The van der Waals surface area contributed by atoms with E-state index in [1.54, 1.807) is 0 Å². The van der Waals surface area contributed by atoms with Crippen LogP contribution in [0.2, 0.25) is 0 Å².